The van der Waals surface area contributed by atoms with Gasteiger partial charge in [0.1, 0.15) is 0 Å². The summed E-state index contributed by atoms with van der Waals surface area (Å²) in [7, 11) is 0. The average molecular weight is 162 g/mol. The summed E-state index contributed by atoms with van der Waals surface area (Å²) in [4.78, 5) is 10.6. The van der Waals surface area contributed by atoms with Crippen molar-refractivity contribution < 1.29 is 13.6 Å². The van der Waals surface area contributed by atoms with Gasteiger partial charge in [0.05, 0.1) is 4.88 Å². The third kappa shape index (κ3) is 1.39. The molecule has 0 aliphatic carbocycles. The minimum Gasteiger partial charge on any atom is -0.287 e. The molecule has 1 rings (SSSR count). The van der Waals surface area contributed by atoms with Crippen LogP contribution in [0, 0.1) is 0 Å². The molecule has 0 spiro atoms. The molecule has 0 atom stereocenters. The van der Waals surface area contributed by atoms with Crippen molar-refractivity contribution in [1.82, 2.24) is 0 Å². The van der Waals surface area contributed by atoms with Crippen LogP contribution in [0.5, 0.6) is 0 Å². The van der Waals surface area contributed by atoms with E-state index in [4.69, 9.17) is 0 Å². The highest BCUT2D eigenvalue weighted by molar-refractivity contribution is 7.12. The zero-order valence-corrected chi connectivity index (χ0v) is 5.70. The van der Waals surface area contributed by atoms with E-state index in [1.807, 2.05) is 0 Å². The Morgan fingerprint density at radius 1 is 1.60 bits per heavy atom. The van der Waals surface area contributed by atoms with E-state index in [-0.39, 0.29) is 4.88 Å². The number of halogens is 2. The zero-order valence-electron chi connectivity index (χ0n) is 4.88. The van der Waals surface area contributed by atoms with Crippen molar-refractivity contribution in [3.8, 4) is 0 Å². The Morgan fingerprint density at radius 2 is 2.30 bits per heavy atom. The van der Waals surface area contributed by atoms with Gasteiger partial charge in [-0.2, -0.15) is 0 Å². The van der Waals surface area contributed by atoms with E-state index in [0.29, 0.717) is 0 Å². The Bertz CT molecular complexity index is 218. The van der Waals surface area contributed by atoms with E-state index in [9.17, 15) is 13.6 Å². The maximum Gasteiger partial charge on any atom is 0.301 e. The quantitative estimate of drug-likeness (QED) is 0.609. The maximum atomic E-state index is 11.6. The number of alkyl halides is 2. The number of carbonyl (C=O) groups is 1. The van der Waals surface area contributed by atoms with Gasteiger partial charge in [0.15, 0.2) is 0 Å². The first-order valence-electron chi connectivity index (χ1n) is 2.57. The molecule has 0 saturated carbocycles. The number of rotatable bonds is 2. The van der Waals surface area contributed by atoms with E-state index < -0.39 is 12.2 Å². The third-order valence-electron chi connectivity index (χ3n) is 0.962. The van der Waals surface area contributed by atoms with E-state index in [0.717, 1.165) is 11.3 Å². The zero-order chi connectivity index (χ0) is 7.56. The second kappa shape index (κ2) is 2.88. The van der Waals surface area contributed by atoms with Crippen LogP contribution >= 0.6 is 11.3 Å². The molecule has 1 aromatic heterocycles. The molecule has 1 aromatic rings. The van der Waals surface area contributed by atoms with E-state index in [1.165, 1.54) is 6.07 Å². The molecule has 10 heavy (non-hydrogen) atoms. The second-order valence-electron chi connectivity index (χ2n) is 1.64. The number of hydrogen-bond donors (Lipinski definition) is 0. The summed E-state index contributed by atoms with van der Waals surface area (Å²) >= 11 is 1.03. The third-order valence-corrected chi connectivity index (χ3v) is 1.85. The van der Waals surface area contributed by atoms with Gasteiger partial charge in [-0.05, 0) is 11.4 Å². The highest BCUT2D eigenvalue weighted by atomic mass is 32.1. The minimum atomic E-state index is -2.88. The first kappa shape index (κ1) is 7.34. The summed E-state index contributed by atoms with van der Waals surface area (Å²) in [6.07, 6.45) is -2.88. The predicted molar refractivity (Wildman–Crippen MR) is 34.7 cm³/mol. The standard InChI is InChI=1S/C6H4F2OS/c7-6(8)5(9)4-2-1-3-10-4/h1-3,6H. The van der Waals surface area contributed by atoms with Crippen LogP contribution in [0.25, 0.3) is 0 Å². The Morgan fingerprint density at radius 3 is 2.70 bits per heavy atom. The van der Waals surface area contributed by atoms with Crippen LogP contribution in [0.4, 0.5) is 8.78 Å². The van der Waals surface area contributed by atoms with Gasteiger partial charge in [-0.1, -0.05) is 6.07 Å². The van der Waals surface area contributed by atoms with E-state index >= 15 is 0 Å². The Kier molecular flexibility index (Phi) is 2.11. The number of ketones is 1. The van der Waals surface area contributed by atoms with Crippen molar-refractivity contribution in [3.63, 3.8) is 0 Å². The number of hydrogen-bond acceptors (Lipinski definition) is 2. The Labute approximate surface area is 60.3 Å². The van der Waals surface area contributed by atoms with E-state index in [2.05, 4.69) is 0 Å². The topological polar surface area (TPSA) is 17.1 Å². The monoisotopic (exact) mass is 162 g/mol. The van der Waals surface area contributed by atoms with Crippen LogP contribution in [0.1, 0.15) is 9.67 Å². The molecule has 1 heterocycles. The summed E-state index contributed by atoms with van der Waals surface area (Å²) in [5.74, 6) is -1.09. The lowest BCUT2D eigenvalue weighted by molar-refractivity contribution is 0.0683. The van der Waals surface area contributed by atoms with Crippen LogP contribution < -0.4 is 0 Å². The largest absolute Gasteiger partial charge is 0.301 e. The summed E-state index contributed by atoms with van der Waals surface area (Å²) in [5.41, 5.74) is 0. The van der Waals surface area contributed by atoms with Crippen molar-refractivity contribution in [2.45, 2.75) is 6.43 Å². The predicted octanol–water partition coefficient (Wildman–Crippen LogP) is 2.20. The fraction of sp³-hybridized carbons (Fsp3) is 0.167. The fourth-order valence-corrected chi connectivity index (χ4v) is 1.19. The summed E-state index contributed by atoms with van der Waals surface area (Å²) in [6.45, 7) is 0. The molecule has 0 aliphatic rings. The molecular weight excluding hydrogens is 158 g/mol. The SMILES string of the molecule is O=C(c1cccs1)C(F)F. The molecule has 0 saturated heterocycles. The molecule has 54 valence electrons. The molecule has 4 heteroatoms. The van der Waals surface area contributed by atoms with Gasteiger partial charge in [0.25, 0.3) is 0 Å². The van der Waals surface area contributed by atoms with Crippen molar-refractivity contribution >= 4 is 17.1 Å². The lowest BCUT2D eigenvalue weighted by Gasteiger charge is -1.91. The van der Waals surface area contributed by atoms with Crippen LogP contribution in [0.2, 0.25) is 0 Å². The summed E-state index contributed by atoms with van der Waals surface area (Å²) < 4.78 is 23.3. The normalized spacial score (nSPS) is 10.3. The maximum absolute atomic E-state index is 11.6. The van der Waals surface area contributed by atoms with Crippen LogP contribution in [-0.2, 0) is 0 Å². The Hall–Kier alpha value is -0.770. The lowest BCUT2D eigenvalue weighted by Crippen LogP contribution is -2.07. The lowest BCUT2D eigenvalue weighted by atomic mass is 10.3. The number of thiophene rings is 1. The molecule has 0 unspecified atom stereocenters. The Balaban J connectivity index is 2.78. The molecule has 1 nitrogen and oxygen atoms in total. The van der Waals surface area contributed by atoms with Gasteiger partial charge in [0.2, 0.25) is 5.78 Å². The van der Waals surface area contributed by atoms with Gasteiger partial charge in [-0.3, -0.25) is 4.79 Å². The minimum absolute atomic E-state index is 0.120. The van der Waals surface area contributed by atoms with Crippen LogP contribution in [-0.4, -0.2) is 12.2 Å². The first-order valence-corrected chi connectivity index (χ1v) is 3.45. The fourth-order valence-electron chi connectivity index (χ4n) is 0.526. The molecular formula is C6H4F2OS. The average Bonchev–Trinajstić information content (AvgIpc) is 2.36. The molecule has 0 fully saturated rings. The first-order chi connectivity index (χ1) is 4.72. The highest BCUT2D eigenvalue weighted by Gasteiger charge is 2.17. The number of Topliss-reactive ketones (excluding diaryl/α,β-unsaturated/α-hetero) is 1. The van der Waals surface area contributed by atoms with Gasteiger partial charge in [-0.15, -0.1) is 11.3 Å². The second-order valence-corrected chi connectivity index (χ2v) is 2.59. The molecule has 0 N–H and O–H groups in total. The molecule has 0 aromatic carbocycles. The molecule has 0 aliphatic heterocycles. The van der Waals surface area contributed by atoms with Crippen molar-refractivity contribution in [2.24, 2.45) is 0 Å². The summed E-state index contributed by atoms with van der Waals surface area (Å²) in [5, 5.41) is 1.59. The number of carbonyl (C=O) groups excluding carboxylic acids is 1. The van der Waals surface area contributed by atoms with Gasteiger partial charge < -0.3 is 0 Å². The van der Waals surface area contributed by atoms with Gasteiger partial charge in [-0.25, -0.2) is 8.78 Å². The van der Waals surface area contributed by atoms with Crippen molar-refractivity contribution in [2.75, 3.05) is 0 Å². The van der Waals surface area contributed by atoms with Gasteiger partial charge >= 0.3 is 6.43 Å². The molecule has 0 amide bonds. The molecule has 0 radical (unpaired) electrons. The van der Waals surface area contributed by atoms with Crippen molar-refractivity contribution in [1.29, 1.82) is 0 Å². The highest BCUT2D eigenvalue weighted by Crippen LogP contribution is 2.13. The van der Waals surface area contributed by atoms with Crippen molar-refractivity contribution in [3.05, 3.63) is 22.4 Å². The van der Waals surface area contributed by atoms with Crippen LogP contribution in [0.15, 0.2) is 17.5 Å². The smallest absolute Gasteiger partial charge is 0.287 e. The van der Waals surface area contributed by atoms with Gasteiger partial charge in [0, 0.05) is 0 Å². The molecule has 0 bridgehead atoms. The van der Waals surface area contributed by atoms with Crippen LogP contribution in [0.3, 0.4) is 0 Å². The summed E-state index contributed by atoms with van der Waals surface area (Å²) in [6, 6.07) is 2.96. The van der Waals surface area contributed by atoms with E-state index in [1.54, 1.807) is 11.4 Å².